The molecule has 0 amide bonds. The highest BCUT2D eigenvalue weighted by Gasteiger charge is 2.27. The van der Waals surface area contributed by atoms with E-state index in [-0.39, 0.29) is 32.0 Å². The molecule has 0 spiro atoms. The van der Waals surface area contributed by atoms with E-state index in [0.29, 0.717) is 17.4 Å². The Hall–Kier alpha value is -3.07. The zero-order valence-electron chi connectivity index (χ0n) is 61.0. The number of rotatable bonds is 72. The summed E-state index contributed by atoms with van der Waals surface area (Å²) in [5, 5.41) is 0. The van der Waals surface area contributed by atoms with Crippen LogP contribution in [0.5, 0.6) is 0 Å². The van der Waals surface area contributed by atoms with Crippen LogP contribution in [0.3, 0.4) is 0 Å². The molecule has 2 atom stereocenters. The summed E-state index contributed by atoms with van der Waals surface area (Å²) < 4.78 is 34.8. The number of esters is 2. The number of allylic oxidation sites excluding steroid dienone is 16. The van der Waals surface area contributed by atoms with Gasteiger partial charge >= 0.3 is 19.8 Å². The van der Waals surface area contributed by atoms with Gasteiger partial charge in [-0.05, 0) is 96.3 Å². The van der Waals surface area contributed by atoms with E-state index < -0.39 is 26.5 Å². The van der Waals surface area contributed by atoms with Crippen molar-refractivity contribution >= 4 is 19.8 Å². The van der Waals surface area contributed by atoms with E-state index in [4.69, 9.17) is 18.5 Å². The largest absolute Gasteiger partial charge is 0.472 e. The van der Waals surface area contributed by atoms with Crippen molar-refractivity contribution in [3.05, 3.63) is 97.2 Å². The van der Waals surface area contributed by atoms with Gasteiger partial charge in [0.05, 0.1) is 27.7 Å². The molecule has 0 radical (unpaired) electrons. The number of phosphoric acid groups is 1. The van der Waals surface area contributed by atoms with Gasteiger partial charge in [-0.2, -0.15) is 0 Å². The van der Waals surface area contributed by atoms with E-state index in [2.05, 4.69) is 111 Å². The molecule has 0 saturated heterocycles. The van der Waals surface area contributed by atoms with Crippen LogP contribution >= 0.6 is 7.82 Å². The highest BCUT2D eigenvalue weighted by molar-refractivity contribution is 7.47. The van der Waals surface area contributed by atoms with Gasteiger partial charge < -0.3 is 18.9 Å². The van der Waals surface area contributed by atoms with Crippen LogP contribution in [0.2, 0.25) is 0 Å². The van der Waals surface area contributed by atoms with Crippen LogP contribution in [-0.4, -0.2) is 74.9 Å². The van der Waals surface area contributed by atoms with Crippen LogP contribution in [0.25, 0.3) is 0 Å². The lowest BCUT2D eigenvalue weighted by Gasteiger charge is -2.24. The van der Waals surface area contributed by atoms with E-state index in [1.807, 2.05) is 21.1 Å². The molecule has 2 unspecified atom stereocenters. The van der Waals surface area contributed by atoms with Gasteiger partial charge in [0.2, 0.25) is 0 Å². The Labute approximate surface area is 570 Å². The summed E-state index contributed by atoms with van der Waals surface area (Å²) in [6.45, 7) is 4.35. The lowest BCUT2D eigenvalue weighted by Crippen LogP contribution is -2.37. The van der Waals surface area contributed by atoms with Gasteiger partial charge in [0.1, 0.15) is 19.8 Å². The fraction of sp³-hybridized carbons (Fsp3) is 0.780. The van der Waals surface area contributed by atoms with Crippen molar-refractivity contribution in [2.75, 3.05) is 47.5 Å². The number of quaternary nitrogens is 1. The number of unbranched alkanes of at least 4 members (excludes halogenated alkanes) is 42. The topological polar surface area (TPSA) is 108 Å². The standard InChI is InChI=1S/C82H148NO8P/c1-6-8-10-12-14-16-18-20-22-24-26-28-30-32-34-36-38-39-40-41-42-43-45-46-48-50-52-54-56-58-60-62-64-66-68-70-72-74-81(84)88-78-80(79-90-92(86,87)89-77-76-83(3,4)5)91-82(85)75-73-71-69-67-65-63-61-59-57-55-53-51-49-47-44-37-35-33-31-29-27-25-23-21-19-17-15-13-11-9-7-2/h9,11,15,17,21,23-24,26-27,29,33,35,44,47,51,53,80H,6-8,10,12-14,16,18-20,22,25,28,30-32,34,36-43,45-46,48-50,52,54-79H2,1-5H3/p+1/b11-9-,17-15-,23-21-,26-24-,29-27-,35-33-,47-44-,53-51-. The molecule has 1 N–H and O–H groups in total. The number of phosphoric ester groups is 1. The van der Waals surface area contributed by atoms with E-state index in [9.17, 15) is 19.0 Å². The molecule has 10 heteroatoms. The number of likely N-dealkylation sites (N-methyl/N-ethyl adjacent to an activating group) is 1. The molecule has 0 saturated carbocycles. The van der Waals surface area contributed by atoms with Crippen LogP contribution in [0, 0.1) is 0 Å². The minimum Gasteiger partial charge on any atom is -0.462 e. The molecule has 0 bridgehead atoms. The van der Waals surface area contributed by atoms with E-state index in [1.165, 1.54) is 238 Å². The summed E-state index contributed by atoms with van der Waals surface area (Å²) in [6, 6.07) is 0. The third-order valence-corrected chi connectivity index (χ3v) is 18.1. The molecule has 9 nitrogen and oxygen atoms in total. The van der Waals surface area contributed by atoms with Crippen molar-refractivity contribution in [3.63, 3.8) is 0 Å². The fourth-order valence-electron chi connectivity index (χ4n) is 11.2. The Morgan fingerprint density at radius 2 is 0.620 bits per heavy atom. The van der Waals surface area contributed by atoms with Crippen molar-refractivity contribution in [2.24, 2.45) is 0 Å². The minimum absolute atomic E-state index is 0.0280. The molecule has 0 rings (SSSR count). The Kier molecular flexibility index (Phi) is 69.8. The Bertz CT molecular complexity index is 1880. The first kappa shape index (κ1) is 88.9. The van der Waals surface area contributed by atoms with E-state index in [1.54, 1.807) is 0 Å². The van der Waals surface area contributed by atoms with E-state index in [0.717, 1.165) is 89.9 Å². The highest BCUT2D eigenvalue weighted by atomic mass is 31.2. The summed E-state index contributed by atoms with van der Waals surface area (Å²) in [5.41, 5.74) is 0. The van der Waals surface area contributed by atoms with Crippen LogP contribution in [-0.2, 0) is 32.7 Å². The summed E-state index contributed by atoms with van der Waals surface area (Å²) in [6.07, 6.45) is 101. The molecule has 0 aliphatic rings. The molecule has 0 aliphatic heterocycles. The van der Waals surface area contributed by atoms with Crippen LogP contribution in [0.4, 0.5) is 0 Å². The third kappa shape index (κ3) is 76.0. The maximum atomic E-state index is 12.9. The molecule has 534 valence electrons. The molecule has 0 aromatic rings. The lowest BCUT2D eigenvalue weighted by molar-refractivity contribution is -0.870. The van der Waals surface area contributed by atoms with Gasteiger partial charge in [-0.15, -0.1) is 0 Å². The highest BCUT2D eigenvalue weighted by Crippen LogP contribution is 2.43. The Balaban J connectivity index is 3.98. The first-order valence-electron chi connectivity index (χ1n) is 39.0. The van der Waals surface area contributed by atoms with Gasteiger partial charge in [0.25, 0.3) is 0 Å². The molecule has 0 aliphatic carbocycles. The fourth-order valence-corrected chi connectivity index (χ4v) is 11.9. The quantitative estimate of drug-likeness (QED) is 0.0211. The van der Waals surface area contributed by atoms with Gasteiger partial charge in [-0.3, -0.25) is 18.6 Å². The summed E-state index contributed by atoms with van der Waals surface area (Å²) in [5.74, 6) is -0.794. The Morgan fingerprint density at radius 1 is 0.348 bits per heavy atom. The molecular weight excluding hydrogens is 1160 g/mol. The zero-order chi connectivity index (χ0) is 66.9. The van der Waals surface area contributed by atoms with Crippen LogP contribution < -0.4 is 0 Å². The van der Waals surface area contributed by atoms with Gasteiger partial charge in [-0.25, -0.2) is 4.57 Å². The third-order valence-electron chi connectivity index (χ3n) is 17.1. The average Bonchev–Trinajstić information content (AvgIpc) is 2.14. The van der Waals surface area contributed by atoms with Crippen molar-refractivity contribution in [3.8, 4) is 0 Å². The molecule has 92 heavy (non-hydrogen) atoms. The first-order chi connectivity index (χ1) is 45.0. The lowest BCUT2D eigenvalue weighted by atomic mass is 10.0. The predicted molar refractivity (Wildman–Crippen MR) is 399 cm³/mol. The smallest absolute Gasteiger partial charge is 0.462 e. The number of ether oxygens (including phenoxy) is 2. The Morgan fingerprint density at radius 3 is 0.935 bits per heavy atom. The van der Waals surface area contributed by atoms with E-state index >= 15 is 0 Å². The molecule has 0 aromatic heterocycles. The monoisotopic (exact) mass is 1310 g/mol. The number of carbonyl (C=O) groups excluding carboxylic acids is 2. The van der Waals surface area contributed by atoms with Crippen molar-refractivity contribution in [1.29, 1.82) is 0 Å². The van der Waals surface area contributed by atoms with Crippen molar-refractivity contribution in [1.82, 2.24) is 0 Å². The maximum Gasteiger partial charge on any atom is 0.472 e. The van der Waals surface area contributed by atoms with Crippen LogP contribution in [0.1, 0.15) is 361 Å². The molecular formula is C82H149NO8P+. The predicted octanol–water partition coefficient (Wildman–Crippen LogP) is 25.8. The second kappa shape index (κ2) is 72.2. The van der Waals surface area contributed by atoms with Gasteiger partial charge in [0.15, 0.2) is 6.10 Å². The maximum absolute atomic E-state index is 12.9. The van der Waals surface area contributed by atoms with Crippen molar-refractivity contribution in [2.45, 2.75) is 367 Å². The minimum atomic E-state index is -4.40. The summed E-state index contributed by atoms with van der Waals surface area (Å²) >= 11 is 0. The average molecular weight is 1310 g/mol. The summed E-state index contributed by atoms with van der Waals surface area (Å²) in [4.78, 5) is 36.0. The number of carbonyl (C=O) groups is 2. The van der Waals surface area contributed by atoms with Gasteiger partial charge in [-0.1, -0.05) is 349 Å². The number of hydrogen-bond donors (Lipinski definition) is 1. The normalized spacial score (nSPS) is 13.6. The summed E-state index contributed by atoms with van der Waals surface area (Å²) in [7, 11) is 1.48. The molecule has 0 aromatic carbocycles. The molecule has 0 fully saturated rings. The first-order valence-corrected chi connectivity index (χ1v) is 40.5. The zero-order valence-corrected chi connectivity index (χ0v) is 61.9. The van der Waals surface area contributed by atoms with Crippen molar-refractivity contribution < 1.29 is 42.1 Å². The van der Waals surface area contributed by atoms with Gasteiger partial charge in [0, 0.05) is 12.8 Å². The SMILES string of the molecule is CC/C=C\C/C=C\C/C=C\C/C=C\C/C=C\C/C=C\C/C=C\CCCCCCCCCCCC(=O)OC(COC(=O)CCCCCCCCCCCCCCCCCCCCCCCCCCC/C=C\CCCCCCCCCC)COP(=O)(O)OCC[N+](C)(C)C. The second-order valence-corrected chi connectivity index (χ2v) is 28.8. The number of hydrogen-bond acceptors (Lipinski definition) is 7. The molecule has 0 heterocycles. The van der Waals surface area contributed by atoms with Crippen LogP contribution in [0.15, 0.2) is 97.2 Å². The second-order valence-electron chi connectivity index (χ2n) is 27.4. The number of nitrogens with zero attached hydrogens (tertiary/aromatic N) is 1.